The summed E-state index contributed by atoms with van der Waals surface area (Å²) in [6.07, 6.45) is 6.13. The topological polar surface area (TPSA) is 34.8 Å². The van der Waals surface area contributed by atoms with Crippen molar-refractivity contribution in [1.29, 1.82) is 0 Å². The van der Waals surface area contributed by atoms with Gasteiger partial charge in [0, 0.05) is 56.0 Å². The van der Waals surface area contributed by atoms with Gasteiger partial charge >= 0.3 is 0 Å². The second kappa shape index (κ2) is 4.90. The highest BCUT2D eigenvalue weighted by atomic mass is 15.2. The van der Waals surface area contributed by atoms with Gasteiger partial charge in [-0.15, -0.1) is 0 Å². The molecule has 0 fully saturated rings. The molecule has 0 atom stereocenters. The first-order chi connectivity index (χ1) is 9.24. The molecular weight excluding hydrogens is 236 g/mol. The van der Waals surface area contributed by atoms with Gasteiger partial charge in [0.2, 0.25) is 0 Å². The third-order valence-electron chi connectivity index (χ3n) is 3.38. The van der Waals surface area contributed by atoms with E-state index in [1.807, 2.05) is 24.1 Å². The summed E-state index contributed by atoms with van der Waals surface area (Å²) < 4.78 is 4.01. The maximum absolute atomic E-state index is 4.17. The van der Waals surface area contributed by atoms with Gasteiger partial charge in [-0.1, -0.05) is 18.2 Å². The monoisotopic (exact) mass is 254 g/mol. The van der Waals surface area contributed by atoms with Crippen LogP contribution in [0.3, 0.4) is 0 Å². The third kappa shape index (κ3) is 2.39. The van der Waals surface area contributed by atoms with Crippen molar-refractivity contribution in [2.75, 3.05) is 0 Å². The summed E-state index contributed by atoms with van der Waals surface area (Å²) in [5.74, 6) is 0. The van der Waals surface area contributed by atoms with Crippen molar-refractivity contribution in [3.05, 3.63) is 54.0 Å². The minimum Gasteiger partial charge on any atom is -0.350 e. The smallest absolute Gasteiger partial charge is 0.0534 e. The molecule has 1 N–H and O–H groups in total. The highest BCUT2D eigenvalue weighted by Gasteiger charge is 2.05. The first-order valence-electron chi connectivity index (χ1n) is 6.45. The van der Waals surface area contributed by atoms with Crippen molar-refractivity contribution in [3.63, 3.8) is 0 Å². The summed E-state index contributed by atoms with van der Waals surface area (Å²) >= 11 is 0. The van der Waals surface area contributed by atoms with E-state index in [-0.39, 0.29) is 0 Å². The quantitative estimate of drug-likeness (QED) is 0.774. The van der Waals surface area contributed by atoms with E-state index in [2.05, 4.69) is 52.5 Å². The van der Waals surface area contributed by atoms with Crippen molar-refractivity contribution in [3.8, 4) is 0 Å². The van der Waals surface area contributed by atoms with Crippen molar-refractivity contribution < 1.29 is 0 Å². The SMILES string of the molecule is Cn1cc(CNCc2cn(C)c3ccccc23)cn1. The summed E-state index contributed by atoms with van der Waals surface area (Å²) in [5.41, 5.74) is 3.82. The molecule has 0 spiro atoms. The predicted molar refractivity (Wildman–Crippen MR) is 76.7 cm³/mol. The maximum Gasteiger partial charge on any atom is 0.0534 e. The van der Waals surface area contributed by atoms with Gasteiger partial charge in [-0.3, -0.25) is 4.68 Å². The lowest BCUT2D eigenvalue weighted by molar-refractivity contribution is 0.693. The molecule has 4 heteroatoms. The van der Waals surface area contributed by atoms with Crippen molar-refractivity contribution in [1.82, 2.24) is 19.7 Å². The van der Waals surface area contributed by atoms with Crippen LogP contribution < -0.4 is 5.32 Å². The summed E-state index contributed by atoms with van der Waals surface area (Å²) in [7, 11) is 4.03. The van der Waals surface area contributed by atoms with Crippen LogP contribution in [0.4, 0.5) is 0 Å². The van der Waals surface area contributed by atoms with E-state index < -0.39 is 0 Å². The van der Waals surface area contributed by atoms with E-state index in [0.29, 0.717) is 0 Å². The van der Waals surface area contributed by atoms with Crippen LogP contribution in [0, 0.1) is 0 Å². The van der Waals surface area contributed by atoms with E-state index in [1.165, 1.54) is 22.0 Å². The molecule has 19 heavy (non-hydrogen) atoms. The average molecular weight is 254 g/mol. The van der Waals surface area contributed by atoms with Gasteiger partial charge < -0.3 is 9.88 Å². The molecule has 0 aliphatic rings. The number of para-hydroxylation sites is 1. The largest absolute Gasteiger partial charge is 0.350 e. The fourth-order valence-electron chi connectivity index (χ4n) is 2.47. The number of hydrogen-bond acceptors (Lipinski definition) is 2. The predicted octanol–water partition coefficient (Wildman–Crippen LogP) is 2.20. The minimum atomic E-state index is 0.844. The molecule has 0 radical (unpaired) electrons. The Balaban J connectivity index is 1.72. The highest BCUT2D eigenvalue weighted by molar-refractivity contribution is 5.83. The molecule has 4 nitrogen and oxygen atoms in total. The first kappa shape index (κ1) is 12.0. The van der Waals surface area contributed by atoms with Crippen LogP contribution in [0.2, 0.25) is 0 Å². The van der Waals surface area contributed by atoms with Gasteiger partial charge in [-0.05, 0) is 11.6 Å². The van der Waals surface area contributed by atoms with E-state index in [0.717, 1.165) is 13.1 Å². The molecule has 2 heterocycles. The van der Waals surface area contributed by atoms with E-state index in [9.17, 15) is 0 Å². The van der Waals surface area contributed by atoms with Gasteiger partial charge in [-0.25, -0.2) is 0 Å². The molecule has 2 aromatic heterocycles. The van der Waals surface area contributed by atoms with Crippen LogP contribution in [0.25, 0.3) is 10.9 Å². The number of benzene rings is 1. The van der Waals surface area contributed by atoms with E-state index >= 15 is 0 Å². The minimum absolute atomic E-state index is 0.844. The Bertz CT molecular complexity index is 693. The van der Waals surface area contributed by atoms with Crippen LogP contribution >= 0.6 is 0 Å². The number of aromatic nitrogens is 3. The van der Waals surface area contributed by atoms with Gasteiger partial charge in [0.15, 0.2) is 0 Å². The Labute approximate surface area is 112 Å². The molecular formula is C15H18N4. The second-order valence-electron chi connectivity index (χ2n) is 4.91. The molecule has 0 aliphatic carbocycles. The lowest BCUT2D eigenvalue weighted by Crippen LogP contribution is -2.11. The lowest BCUT2D eigenvalue weighted by Gasteiger charge is -2.01. The van der Waals surface area contributed by atoms with Crippen LogP contribution in [0.15, 0.2) is 42.9 Å². The molecule has 3 aromatic rings. The zero-order valence-electron chi connectivity index (χ0n) is 11.3. The molecule has 0 amide bonds. The fraction of sp³-hybridized carbons (Fsp3) is 0.267. The standard InChI is InChI=1S/C15H18N4/c1-18-11-13(14-5-3-4-6-15(14)18)9-16-7-12-8-17-19(2)10-12/h3-6,8,10-11,16H,7,9H2,1-2H3. The zero-order valence-corrected chi connectivity index (χ0v) is 11.3. The number of nitrogens with one attached hydrogen (secondary N) is 1. The van der Waals surface area contributed by atoms with Crippen LogP contribution in [-0.2, 0) is 27.2 Å². The lowest BCUT2D eigenvalue weighted by atomic mass is 10.2. The number of aryl methyl sites for hydroxylation is 2. The van der Waals surface area contributed by atoms with E-state index in [4.69, 9.17) is 0 Å². The van der Waals surface area contributed by atoms with Gasteiger partial charge in [0.25, 0.3) is 0 Å². The Hall–Kier alpha value is -2.07. The van der Waals surface area contributed by atoms with Gasteiger partial charge in [0.05, 0.1) is 6.20 Å². The van der Waals surface area contributed by atoms with Crippen LogP contribution in [0.5, 0.6) is 0 Å². The van der Waals surface area contributed by atoms with Gasteiger partial charge in [0.1, 0.15) is 0 Å². The summed E-state index contributed by atoms with van der Waals surface area (Å²) in [5, 5.41) is 8.96. The Morgan fingerprint density at radius 1 is 1.11 bits per heavy atom. The Morgan fingerprint density at radius 2 is 1.95 bits per heavy atom. The maximum atomic E-state index is 4.17. The average Bonchev–Trinajstić information content (AvgIpc) is 2.96. The molecule has 0 bridgehead atoms. The summed E-state index contributed by atoms with van der Waals surface area (Å²) in [4.78, 5) is 0. The first-order valence-corrected chi connectivity index (χ1v) is 6.45. The van der Waals surface area contributed by atoms with Gasteiger partial charge in [-0.2, -0.15) is 5.10 Å². The molecule has 0 saturated heterocycles. The molecule has 0 unspecified atom stereocenters. The zero-order chi connectivity index (χ0) is 13.2. The number of nitrogens with zero attached hydrogens (tertiary/aromatic N) is 3. The Kier molecular flexibility index (Phi) is 3.09. The van der Waals surface area contributed by atoms with Crippen LogP contribution in [-0.4, -0.2) is 14.3 Å². The van der Waals surface area contributed by atoms with Crippen molar-refractivity contribution in [2.24, 2.45) is 14.1 Å². The molecule has 3 rings (SSSR count). The number of rotatable bonds is 4. The third-order valence-corrected chi connectivity index (χ3v) is 3.38. The van der Waals surface area contributed by atoms with E-state index in [1.54, 1.807) is 0 Å². The highest BCUT2D eigenvalue weighted by Crippen LogP contribution is 2.19. The second-order valence-corrected chi connectivity index (χ2v) is 4.91. The van der Waals surface area contributed by atoms with Crippen molar-refractivity contribution in [2.45, 2.75) is 13.1 Å². The van der Waals surface area contributed by atoms with Crippen molar-refractivity contribution >= 4 is 10.9 Å². The summed E-state index contributed by atoms with van der Waals surface area (Å²) in [6, 6.07) is 8.50. The normalized spacial score (nSPS) is 11.3. The Morgan fingerprint density at radius 3 is 2.74 bits per heavy atom. The summed E-state index contributed by atoms with van der Waals surface area (Å²) in [6.45, 7) is 1.72. The number of fused-ring (bicyclic) bond motifs is 1. The van der Waals surface area contributed by atoms with Crippen LogP contribution in [0.1, 0.15) is 11.1 Å². The fourth-order valence-corrected chi connectivity index (χ4v) is 2.47. The molecule has 0 aliphatic heterocycles. The molecule has 0 saturated carbocycles. The molecule has 98 valence electrons. The molecule has 1 aromatic carbocycles. The number of hydrogen-bond donors (Lipinski definition) is 1.